The summed E-state index contributed by atoms with van der Waals surface area (Å²) in [5.41, 5.74) is 0.204. The minimum absolute atomic E-state index is 0.194. The molecular formula is C27H25ClF3N3O2S. The second kappa shape index (κ2) is 10.5. The topological polar surface area (TPSA) is 62.3 Å². The molecule has 2 aromatic carbocycles. The van der Waals surface area contributed by atoms with E-state index in [1.54, 1.807) is 35.2 Å². The molecule has 10 heteroatoms. The van der Waals surface area contributed by atoms with E-state index in [-0.39, 0.29) is 36.0 Å². The van der Waals surface area contributed by atoms with E-state index < -0.39 is 11.7 Å². The molecule has 5 rings (SSSR count). The summed E-state index contributed by atoms with van der Waals surface area (Å²) in [6.07, 6.45) is -0.130. The van der Waals surface area contributed by atoms with Gasteiger partial charge in [-0.05, 0) is 68.0 Å². The lowest BCUT2D eigenvalue weighted by Gasteiger charge is -2.35. The SMILES string of the molecule is O=C(NC[C@@H]1CCCCN1C(=O)c1nc(C2CC2)sc1-c1cccc(C(F)(F)F)c1)c1cccc(Cl)c1. The number of halogens is 4. The number of piperidine rings is 1. The van der Waals surface area contributed by atoms with Crippen molar-refractivity contribution in [2.24, 2.45) is 0 Å². The third kappa shape index (κ3) is 5.83. The van der Waals surface area contributed by atoms with Gasteiger partial charge >= 0.3 is 6.18 Å². The monoisotopic (exact) mass is 547 g/mol. The van der Waals surface area contributed by atoms with Crippen LogP contribution in [0.1, 0.15) is 69.4 Å². The van der Waals surface area contributed by atoms with Crippen LogP contribution in [-0.4, -0.2) is 40.8 Å². The Balaban J connectivity index is 1.40. The van der Waals surface area contributed by atoms with E-state index in [9.17, 15) is 22.8 Å². The molecule has 3 aromatic rings. The van der Waals surface area contributed by atoms with E-state index >= 15 is 0 Å². The Bertz CT molecular complexity index is 1320. The number of benzene rings is 2. The number of amides is 2. The van der Waals surface area contributed by atoms with Gasteiger partial charge in [0.05, 0.1) is 15.4 Å². The average Bonchev–Trinajstić information content (AvgIpc) is 3.64. The fourth-order valence-corrected chi connectivity index (χ4v) is 5.99. The van der Waals surface area contributed by atoms with Crippen LogP contribution in [0.4, 0.5) is 13.2 Å². The third-order valence-corrected chi connectivity index (χ3v) is 8.20. The van der Waals surface area contributed by atoms with E-state index in [0.717, 1.165) is 42.8 Å². The molecule has 37 heavy (non-hydrogen) atoms. The van der Waals surface area contributed by atoms with Gasteiger partial charge in [-0.3, -0.25) is 9.59 Å². The first-order valence-electron chi connectivity index (χ1n) is 12.2. The van der Waals surface area contributed by atoms with Gasteiger partial charge in [-0.1, -0.05) is 29.8 Å². The minimum Gasteiger partial charge on any atom is -0.350 e. The van der Waals surface area contributed by atoms with Gasteiger partial charge in [-0.25, -0.2) is 4.98 Å². The second-order valence-corrected chi connectivity index (χ2v) is 10.9. The van der Waals surface area contributed by atoms with Crippen LogP contribution in [0.2, 0.25) is 5.02 Å². The number of rotatable bonds is 6. The number of carbonyl (C=O) groups is 2. The predicted molar refractivity (Wildman–Crippen MR) is 137 cm³/mol. The molecule has 0 unspecified atom stereocenters. The number of hydrogen-bond acceptors (Lipinski definition) is 4. The highest BCUT2D eigenvalue weighted by Crippen LogP contribution is 2.45. The van der Waals surface area contributed by atoms with Crippen LogP contribution in [0.3, 0.4) is 0 Å². The molecule has 1 saturated carbocycles. The summed E-state index contributed by atoms with van der Waals surface area (Å²) in [5, 5.41) is 4.15. The van der Waals surface area contributed by atoms with Gasteiger partial charge in [-0.2, -0.15) is 13.2 Å². The zero-order valence-electron chi connectivity index (χ0n) is 19.9. The second-order valence-electron chi connectivity index (χ2n) is 9.45. The molecule has 194 valence electrons. The lowest BCUT2D eigenvalue weighted by atomic mass is 10.0. The maximum Gasteiger partial charge on any atom is 0.416 e. The fraction of sp³-hybridized carbons (Fsp3) is 0.370. The van der Waals surface area contributed by atoms with Crippen molar-refractivity contribution in [2.75, 3.05) is 13.1 Å². The zero-order chi connectivity index (χ0) is 26.2. The van der Waals surface area contributed by atoms with Crippen molar-refractivity contribution in [1.29, 1.82) is 0 Å². The van der Waals surface area contributed by atoms with Gasteiger partial charge in [0, 0.05) is 35.6 Å². The van der Waals surface area contributed by atoms with Crippen molar-refractivity contribution >= 4 is 34.8 Å². The number of alkyl halides is 3. The molecule has 0 bridgehead atoms. The Morgan fingerprint density at radius 2 is 1.86 bits per heavy atom. The quantitative estimate of drug-likeness (QED) is 0.370. The van der Waals surface area contributed by atoms with Gasteiger partial charge in [0.25, 0.3) is 11.8 Å². The van der Waals surface area contributed by atoms with E-state index in [1.165, 1.54) is 17.4 Å². The molecule has 2 heterocycles. The third-order valence-electron chi connectivity index (χ3n) is 6.70. The Labute approximate surface area is 221 Å². The first kappa shape index (κ1) is 25.7. The summed E-state index contributed by atoms with van der Waals surface area (Å²) in [5.74, 6) is -0.336. The van der Waals surface area contributed by atoms with Gasteiger partial charge < -0.3 is 10.2 Å². The highest BCUT2D eigenvalue weighted by molar-refractivity contribution is 7.15. The first-order valence-corrected chi connectivity index (χ1v) is 13.4. The van der Waals surface area contributed by atoms with Crippen LogP contribution in [0, 0.1) is 0 Å². The lowest BCUT2D eigenvalue weighted by molar-refractivity contribution is -0.137. The molecular weight excluding hydrogens is 523 g/mol. The van der Waals surface area contributed by atoms with Gasteiger partial charge in [0.15, 0.2) is 0 Å². The molecule has 0 spiro atoms. The number of nitrogens with zero attached hydrogens (tertiary/aromatic N) is 2. The summed E-state index contributed by atoms with van der Waals surface area (Å²) in [6.45, 7) is 0.754. The molecule has 1 atom stereocenters. The van der Waals surface area contributed by atoms with Crippen molar-refractivity contribution in [1.82, 2.24) is 15.2 Å². The van der Waals surface area contributed by atoms with E-state index in [1.807, 2.05) is 0 Å². The van der Waals surface area contributed by atoms with Crippen LogP contribution < -0.4 is 5.32 Å². The van der Waals surface area contributed by atoms with Crippen molar-refractivity contribution in [3.05, 3.63) is 75.4 Å². The molecule has 0 radical (unpaired) electrons. The zero-order valence-corrected chi connectivity index (χ0v) is 21.4. The summed E-state index contributed by atoms with van der Waals surface area (Å²) in [6, 6.07) is 11.4. The van der Waals surface area contributed by atoms with Gasteiger partial charge in [0.2, 0.25) is 0 Å². The first-order chi connectivity index (χ1) is 17.7. The molecule has 1 aromatic heterocycles. The van der Waals surface area contributed by atoms with Crippen molar-refractivity contribution in [3.8, 4) is 10.4 Å². The smallest absolute Gasteiger partial charge is 0.350 e. The normalized spacial score (nSPS) is 18.1. The maximum atomic E-state index is 13.8. The Morgan fingerprint density at radius 1 is 1.08 bits per heavy atom. The molecule has 2 fully saturated rings. The fourth-order valence-electron chi connectivity index (χ4n) is 4.58. The van der Waals surface area contributed by atoms with Crippen LogP contribution in [0.25, 0.3) is 10.4 Å². The molecule has 1 aliphatic heterocycles. The van der Waals surface area contributed by atoms with Crippen LogP contribution in [0.5, 0.6) is 0 Å². The molecule has 2 amide bonds. The van der Waals surface area contributed by atoms with Gasteiger partial charge in [0.1, 0.15) is 5.69 Å². The lowest BCUT2D eigenvalue weighted by Crippen LogP contribution is -2.49. The van der Waals surface area contributed by atoms with E-state index in [2.05, 4.69) is 10.3 Å². The van der Waals surface area contributed by atoms with Crippen LogP contribution in [0.15, 0.2) is 48.5 Å². The van der Waals surface area contributed by atoms with E-state index in [4.69, 9.17) is 11.6 Å². The molecule has 1 aliphatic carbocycles. The number of nitrogens with one attached hydrogen (secondary N) is 1. The predicted octanol–water partition coefficient (Wildman–Crippen LogP) is 6.78. The number of thiazole rings is 1. The maximum absolute atomic E-state index is 13.8. The van der Waals surface area contributed by atoms with Crippen LogP contribution >= 0.6 is 22.9 Å². The summed E-state index contributed by atoms with van der Waals surface area (Å²) in [4.78, 5) is 33.3. The van der Waals surface area contributed by atoms with Crippen molar-refractivity contribution in [3.63, 3.8) is 0 Å². The van der Waals surface area contributed by atoms with Crippen LogP contribution in [-0.2, 0) is 6.18 Å². The highest BCUT2D eigenvalue weighted by Gasteiger charge is 2.36. The summed E-state index contributed by atoms with van der Waals surface area (Å²) < 4.78 is 40.2. The number of carbonyl (C=O) groups excluding carboxylic acids is 2. The number of likely N-dealkylation sites (tertiary alicyclic amines) is 1. The van der Waals surface area contributed by atoms with Crippen molar-refractivity contribution < 1.29 is 22.8 Å². The summed E-state index contributed by atoms with van der Waals surface area (Å²) >= 11 is 7.30. The Kier molecular flexibility index (Phi) is 7.27. The van der Waals surface area contributed by atoms with Crippen molar-refractivity contribution in [2.45, 2.75) is 50.2 Å². The molecule has 1 saturated heterocycles. The van der Waals surface area contributed by atoms with Gasteiger partial charge in [-0.15, -0.1) is 11.3 Å². The Morgan fingerprint density at radius 3 is 2.59 bits per heavy atom. The molecule has 1 N–H and O–H groups in total. The van der Waals surface area contributed by atoms with E-state index in [0.29, 0.717) is 34.0 Å². The standard InChI is InChI=1S/C27H25ClF3N3O2S/c28-20-8-4-6-18(14-20)24(35)32-15-21-9-1-2-12-34(21)26(36)22-23(37-25(33-22)16-10-11-16)17-5-3-7-19(13-17)27(29,30)31/h3-8,13-14,16,21H,1-2,9-12,15H2,(H,32,35)/t21-/m0/s1. The largest absolute Gasteiger partial charge is 0.416 e. The minimum atomic E-state index is -4.48. The molecule has 2 aliphatic rings. The Hall–Kier alpha value is -2.91. The summed E-state index contributed by atoms with van der Waals surface area (Å²) in [7, 11) is 0. The number of hydrogen-bond donors (Lipinski definition) is 1. The number of aromatic nitrogens is 1. The highest BCUT2D eigenvalue weighted by atomic mass is 35.5. The molecule has 5 nitrogen and oxygen atoms in total. The average molecular weight is 548 g/mol.